The van der Waals surface area contributed by atoms with Gasteiger partial charge in [-0.25, -0.2) is 0 Å². The van der Waals surface area contributed by atoms with Crippen LogP contribution in [0, 0.1) is 0 Å². The number of hydrogen-bond acceptors (Lipinski definition) is 3. The van der Waals surface area contributed by atoms with E-state index in [0.29, 0.717) is 0 Å². The van der Waals surface area contributed by atoms with Crippen molar-refractivity contribution in [2.24, 2.45) is 0 Å². The summed E-state index contributed by atoms with van der Waals surface area (Å²) >= 11 is 0. The van der Waals surface area contributed by atoms with Crippen LogP contribution in [0.25, 0.3) is 0 Å². The number of ether oxygens (including phenoxy) is 1. The van der Waals surface area contributed by atoms with Crippen LogP contribution < -0.4 is 5.32 Å². The van der Waals surface area contributed by atoms with Crippen molar-refractivity contribution in [2.75, 3.05) is 13.2 Å². The van der Waals surface area contributed by atoms with E-state index in [1.807, 2.05) is 0 Å². The predicted molar refractivity (Wildman–Crippen MR) is 49.1 cm³/mol. The highest BCUT2D eigenvalue weighted by molar-refractivity contribution is 5.73. The number of carbonyl (C=O) groups is 1. The Hall–Kier alpha value is -0.820. The lowest BCUT2D eigenvalue weighted by Gasteiger charge is -2.14. The molecule has 0 aromatic heterocycles. The minimum Gasteiger partial charge on any atom is -0.480 e. The molecule has 0 aliphatic heterocycles. The zero-order chi connectivity index (χ0) is 12.2. The molecule has 16 heavy (non-hydrogen) atoms. The lowest BCUT2D eigenvalue weighted by molar-refractivity contribution is -0.174. The zero-order valence-corrected chi connectivity index (χ0v) is 8.59. The predicted octanol–water partition coefficient (Wildman–Crippen LogP) is 1.16. The second-order valence-corrected chi connectivity index (χ2v) is 3.79. The summed E-state index contributed by atoms with van der Waals surface area (Å²) in [4.78, 5) is 10.7. The first-order valence-electron chi connectivity index (χ1n) is 5.02. The maximum atomic E-state index is 11.7. The Morgan fingerprint density at radius 3 is 2.56 bits per heavy atom. The number of hydrogen-bond donors (Lipinski definition) is 2. The van der Waals surface area contributed by atoms with Crippen molar-refractivity contribution in [3.05, 3.63) is 0 Å². The third-order valence-corrected chi connectivity index (χ3v) is 2.13. The summed E-state index contributed by atoms with van der Waals surface area (Å²) < 4.78 is 39.5. The molecule has 1 fully saturated rings. The Labute approximate surface area is 90.8 Å². The molecule has 1 unspecified atom stereocenters. The van der Waals surface area contributed by atoms with Crippen molar-refractivity contribution < 1.29 is 27.8 Å². The molecule has 0 aromatic rings. The van der Waals surface area contributed by atoms with E-state index in [9.17, 15) is 18.0 Å². The maximum Gasteiger partial charge on any atom is 0.411 e. The van der Waals surface area contributed by atoms with Crippen LogP contribution in [0.5, 0.6) is 0 Å². The molecule has 0 radical (unpaired) electrons. The first-order chi connectivity index (χ1) is 7.38. The molecule has 4 nitrogen and oxygen atoms in total. The molecule has 1 rings (SSSR count). The lowest BCUT2D eigenvalue weighted by Crippen LogP contribution is -2.39. The number of nitrogens with one attached hydrogen (secondary N) is 1. The molecule has 1 atom stereocenters. The Morgan fingerprint density at radius 1 is 1.50 bits per heavy atom. The van der Waals surface area contributed by atoms with Gasteiger partial charge in [-0.05, 0) is 19.3 Å². The molecule has 0 amide bonds. The molecule has 2 N–H and O–H groups in total. The third kappa shape index (κ3) is 5.92. The highest BCUT2D eigenvalue weighted by Gasteiger charge is 2.29. The minimum atomic E-state index is -4.36. The molecule has 0 saturated heterocycles. The van der Waals surface area contributed by atoms with Crippen LogP contribution in [-0.2, 0) is 9.53 Å². The van der Waals surface area contributed by atoms with E-state index in [4.69, 9.17) is 5.11 Å². The van der Waals surface area contributed by atoms with Gasteiger partial charge in [-0.1, -0.05) is 0 Å². The molecule has 1 aliphatic rings. The first-order valence-corrected chi connectivity index (χ1v) is 5.02. The van der Waals surface area contributed by atoms with Gasteiger partial charge in [0.25, 0.3) is 0 Å². The van der Waals surface area contributed by atoms with Gasteiger partial charge in [0, 0.05) is 12.6 Å². The number of carboxylic acid groups (broad SMARTS) is 1. The smallest absolute Gasteiger partial charge is 0.411 e. The van der Waals surface area contributed by atoms with Crippen molar-refractivity contribution in [3.63, 3.8) is 0 Å². The average molecular weight is 241 g/mol. The molecule has 1 aliphatic carbocycles. The van der Waals surface area contributed by atoms with Crippen molar-refractivity contribution in [3.8, 4) is 0 Å². The Kier molecular flexibility index (Phi) is 4.55. The summed E-state index contributed by atoms with van der Waals surface area (Å²) in [6.07, 6.45) is -2.47. The van der Waals surface area contributed by atoms with Crippen LogP contribution in [0.3, 0.4) is 0 Å². The summed E-state index contributed by atoms with van der Waals surface area (Å²) in [5.41, 5.74) is 0. The highest BCUT2D eigenvalue weighted by Crippen LogP contribution is 2.20. The van der Waals surface area contributed by atoms with Crippen molar-refractivity contribution in [1.82, 2.24) is 5.32 Å². The van der Waals surface area contributed by atoms with Gasteiger partial charge in [-0.2, -0.15) is 13.2 Å². The van der Waals surface area contributed by atoms with Gasteiger partial charge in [0.2, 0.25) is 0 Å². The molecular formula is C9H14F3NO3. The second-order valence-electron chi connectivity index (χ2n) is 3.79. The third-order valence-electron chi connectivity index (χ3n) is 2.13. The van der Waals surface area contributed by atoms with E-state index in [2.05, 4.69) is 10.1 Å². The van der Waals surface area contributed by atoms with E-state index in [0.717, 1.165) is 12.8 Å². The largest absolute Gasteiger partial charge is 0.480 e. The van der Waals surface area contributed by atoms with Crippen molar-refractivity contribution in [2.45, 2.75) is 37.5 Å². The fourth-order valence-corrected chi connectivity index (χ4v) is 1.20. The van der Waals surface area contributed by atoms with Crippen LogP contribution in [0.2, 0.25) is 0 Å². The molecule has 94 valence electrons. The van der Waals surface area contributed by atoms with Crippen LogP contribution in [-0.4, -0.2) is 42.5 Å². The lowest BCUT2D eigenvalue weighted by atomic mass is 10.2. The standard InChI is InChI=1S/C9H14F3NO3/c10-9(11,12)5-16-4-3-7(8(14)15)13-6-1-2-6/h6-7,13H,1-5H2,(H,14,15). The number of aliphatic carboxylic acids is 1. The summed E-state index contributed by atoms with van der Waals surface area (Å²) in [5.74, 6) is -1.05. The van der Waals surface area contributed by atoms with Gasteiger partial charge >= 0.3 is 12.1 Å². The van der Waals surface area contributed by atoms with Crippen molar-refractivity contribution >= 4 is 5.97 Å². The van der Waals surface area contributed by atoms with Gasteiger partial charge < -0.3 is 15.2 Å². The van der Waals surface area contributed by atoms with Crippen LogP contribution >= 0.6 is 0 Å². The molecule has 0 bridgehead atoms. The molecule has 0 heterocycles. The SMILES string of the molecule is O=C(O)C(CCOCC(F)(F)F)NC1CC1. The first kappa shape index (κ1) is 13.2. The van der Waals surface area contributed by atoms with Gasteiger partial charge in [-0.15, -0.1) is 0 Å². The van der Waals surface area contributed by atoms with Crippen LogP contribution in [0.1, 0.15) is 19.3 Å². The molecular weight excluding hydrogens is 227 g/mol. The van der Waals surface area contributed by atoms with Crippen LogP contribution in [0.4, 0.5) is 13.2 Å². The number of halogens is 3. The Balaban J connectivity index is 2.14. The highest BCUT2D eigenvalue weighted by atomic mass is 19.4. The van der Waals surface area contributed by atoms with Gasteiger partial charge in [0.15, 0.2) is 0 Å². The average Bonchev–Trinajstić information content (AvgIpc) is 2.91. The molecule has 7 heteroatoms. The van der Waals surface area contributed by atoms with E-state index in [1.54, 1.807) is 0 Å². The normalized spacial score (nSPS) is 18.4. The number of alkyl halides is 3. The topological polar surface area (TPSA) is 58.6 Å². The van der Waals surface area contributed by atoms with Crippen molar-refractivity contribution in [1.29, 1.82) is 0 Å². The Morgan fingerprint density at radius 2 is 2.12 bits per heavy atom. The number of rotatable bonds is 7. The quantitative estimate of drug-likeness (QED) is 0.657. The fourth-order valence-electron chi connectivity index (χ4n) is 1.20. The summed E-state index contributed by atoms with van der Waals surface area (Å²) in [6, 6.07) is -0.621. The monoisotopic (exact) mass is 241 g/mol. The zero-order valence-electron chi connectivity index (χ0n) is 8.59. The summed E-state index contributed by atoms with van der Waals surface area (Å²) in [6.45, 7) is -1.54. The second kappa shape index (κ2) is 5.49. The summed E-state index contributed by atoms with van der Waals surface area (Å²) in [7, 11) is 0. The van der Waals surface area contributed by atoms with E-state index in [1.165, 1.54) is 0 Å². The molecule has 1 saturated carbocycles. The van der Waals surface area contributed by atoms with E-state index >= 15 is 0 Å². The molecule has 0 spiro atoms. The van der Waals surface area contributed by atoms with Gasteiger partial charge in [-0.3, -0.25) is 4.79 Å². The fraction of sp³-hybridized carbons (Fsp3) is 0.889. The van der Waals surface area contributed by atoms with Crippen LogP contribution in [0.15, 0.2) is 0 Å². The van der Waals surface area contributed by atoms with Gasteiger partial charge in [0.1, 0.15) is 12.6 Å². The van der Waals surface area contributed by atoms with Gasteiger partial charge in [0.05, 0.1) is 0 Å². The maximum absolute atomic E-state index is 11.7. The number of carboxylic acids is 1. The Bertz CT molecular complexity index is 241. The molecule has 0 aromatic carbocycles. The van der Waals surface area contributed by atoms with E-state index in [-0.39, 0.29) is 19.1 Å². The van der Waals surface area contributed by atoms with E-state index < -0.39 is 24.8 Å². The minimum absolute atomic E-state index is 0.0436. The summed E-state index contributed by atoms with van der Waals surface area (Å²) in [5, 5.41) is 11.6.